The summed E-state index contributed by atoms with van der Waals surface area (Å²) in [5.74, 6) is 4.52. The molecule has 0 aliphatic heterocycles. The summed E-state index contributed by atoms with van der Waals surface area (Å²) in [6.07, 6.45) is 27.4. The van der Waals surface area contributed by atoms with Crippen LogP contribution >= 0.6 is 0 Å². The molecular weight excluding hydrogens is 260 g/mol. The first kappa shape index (κ1) is 19.3. The zero-order chi connectivity index (χ0) is 15.8. The number of hydrogen-bond acceptors (Lipinski definition) is 2. The summed E-state index contributed by atoms with van der Waals surface area (Å²) in [7, 11) is 0. The van der Waals surface area contributed by atoms with E-state index in [1.165, 1.54) is 0 Å². The van der Waals surface area contributed by atoms with E-state index in [-0.39, 0.29) is 0 Å². The maximum Gasteiger partial charge on any atom is 0.133 e. The third-order valence-corrected chi connectivity index (χ3v) is 2.86. The van der Waals surface area contributed by atoms with Gasteiger partial charge in [-0.25, -0.2) is 0 Å². The molecule has 2 heteroatoms. The van der Waals surface area contributed by atoms with Gasteiger partial charge in [0.15, 0.2) is 0 Å². The Morgan fingerprint density at radius 1 is 0.762 bits per heavy atom. The van der Waals surface area contributed by atoms with E-state index in [0.29, 0.717) is 6.42 Å². The molecule has 0 bridgehead atoms. The Balaban J connectivity index is 3.40. The fraction of sp³-hybridized carbons (Fsp3) is 0.474. The van der Waals surface area contributed by atoms with Crippen LogP contribution in [0.4, 0.5) is 0 Å². The van der Waals surface area contributed by atoms with Gasteiger partial charge < -0.3 is 10.2 Å². The van der Waals surface area contributed by atoms with E-state index in [1.807, 2.05) is 12.2 Å². The smallest absolute Gasteiger partial charge is 0.133 e. The molecule has 0 aromatic rings. The zero-order valence-corrected chi connectivity index (χ0v) is 12.6. The highest BCUT2D eigenvalue weighted by molar-refractivity contribution is 5.06. The molecular formula is C19H26O2. The van der Waals surface area contributed by atoms with Crippen molar-refractivity contribution in [3.8, 4) is 24.7 Å². The average Bonchev–Trinajstić information content (AvgIpc) is 2.51. The largest absolute Gasteiger partial charge is 0.380 e. The van der Waals surface area contributed by atoms with Crippen LogP contribution in [0.25, 0.3) is 0 Å². The molecule has 0 radical (unpaired) electrons. The van der Waals surface area contributed by atoms with Crippen molar-refractivity contribution in [2.24, 2.45) is 0 Å². The summed E-state index contributed by atoms with van der Waals surface area (Å²) < 4.78 is 0. The van der Waals surface area contributed by atoms with E-state index in [1.54, 1.807) is 6.08 Å². The molecule has 0 heterocycles. The molecule has 114 valence electrons. The van der Waals surface area contributed by atoms with Crippen LogP contribution in [0.3, 0.4) is 0 Å². The van der Waals surface area contributed by atoms with Crippen LogP contribution < -0.4 is 0 Å². The van der Waals surface area contributed by atoms with Crippen molar-refractivity contribution in [1.82, 2.24) is 0 Å². The number of rotatable bonds is 11. The summed E-state index contributed by atoms with van der Waals surface area (Å²) in [5, 5.41) is 18.2. The number of hydrogen-bond donors (Lipinski definition) is 2. The van der Waals surface area contributed by atoms with E-state index < -0.39 is 12.2 Å². The molecule has 0 saturated heterocycles. The molecule has 2 N–H and O–H groups in total. The van der Waals surface area contributed by atoms with Gasteiger partial charge in [-0.05, 0) is 44.6 Å². The first-order valence-electron chi connectivity index (χ1n) is 7.45. The molecule has 0 amide bonds. The van der Waals surface area contributed by atoms with Gasteiger partial charge >= 0.3 is 0 Å². The number of unbranched alkanes of at least 4 members (excludes halogenated alkanes) is 4. The van der Waals surface area contributed by atoms with E-state index in [4.69, 9.17) is 23.1 Å². The van der Waals surface area contributed by atoms with Crippen molar-refractivity contribution in [1.29, 1.82) is 0 Å². The number of aliphatic hydroxyl groups excluding tert-OH is 2. The second-order valence-electron chi connectivity index (χ2n) is 4.76. The van der Waals surface area contributed by atoms with Crippen molar-refractivity contribution < 1.29 is 10.2 Å². The molecule has 0 aromatic heterocycles. The Morgan fingerprint density at radius 2 is 1.29 bits per heavy atom. The molecule has 0 saturated carbocycles. The summed E-state index contributed by atoms with van der Waals surface area (Å²) in [5.41, 5.74) is 0. The lowest BCUT2D eigenvalue weighted by molar-refractivity contribution is 0.236. The van der Waals surface area contributed by atoms with Gasteiger partial charge in [0.05, 0.1) is 0 Å². The molecule has 0 rings (SSSR count). The molecule has 2 unspecified atom stereocenters. The van der Waals surface area contributed by atoms with Crippen molar-refractivity contribution in [3.05, 3.63) is 36.5 Å². The Kier molecular flexibility index (Phi) is 13.4. The summed E-state index contributed by atoms with van der Waals surface area (Å²) in [6.45, 7) is 0. The minimum atomic E-state index is -0.754. The lowest BCUT2D eigenvalue weighted by atomic mass is 10.1. The van der Waals surface area contributed by atoms with Gasteiger partial charge in [0, 0.05) is 6.42 Å². The molecule has 0 aliphatic rings. The topological polar surface area (TPSA) is 40.5 Å². The van der Waals surface area contributed by atoms with Crippen molar-refractivity contribution in [2.45, 2.75) is 57.2 Å². The van der Waals surface area contributed by atoms with E-state index in [0.717, 1.165) is 38.5 Å². The van der Waals surface area contributed by atoms with Gasteiger partial charge in [0.2, 0.25) is 0 Å². The number of allylic oxidation sites excluding steroid dienone is 4. The van der Waals surface area contributed by atoms with Gasteiger partial charge in [0.25, 0.3) is 0 Å². The van der Waals surface area contributed by atoms with Crippen LogP contribution in [0.1, 0.15) is 44.9 Å². The quantitative estimate of drug-likeness (QED) is 0.347. The first-order valence-corrected chi connectivity index (χ1v) is 7.45. The average molecular weight is 286 g/mol. The van der Waals surface area contributed by atoms with Crippen LogP contribution in [0.2, 0.25) is 0 Å². The normalized spacial score (nSPS) is 14.5. The van der Waals surface area contributed by atoms with Crippen LogP contribution in [-0.2, 0) is 0 Å². The third kappa shape index (κ3) is 14.5. The second-order valence-corrected chi connectivity index (χ2v) is 4.76. The predicted molar refractivity (Wildman–Crippen MR) is 89.4 cm³/mol. The van der Waals surface area contributed by atoms with Gasteiger partial charge in [-0.2, -0.15) is 0 Å². The molecule has 0 fully saturated rings. The molecule has 2 nitrogen and oxygen atoms in total. The van der Waals surface area contributed by atoms with Crippen molar-refractivity contribution >= 4 is 0 Å². The van der Waals surface area contributed by atoms with Crippen LogP contribution in [0.15, 0.2) is 36.5 Å². The van der Waals surface area contributed by atoms with Crippen molar-refractivity contribution in [3.63, 3.8) is 0 Å². The summed E-state index contributed by atoms with van der Waals surface area (Å²) in [6, 6.07) is 0. The monoisotopic (exact) mass is 286 g/mol. The van der Waals surface area contributed by atoms with Gasteiger partial charge in [0.1, 0.15) is 12.2 Å². The lowest BCUT2D eigenvalue weighted by Gasteiger charge is -1.96. The molecule has 0 aromatic carbocycles. The fourth-order valence-electron chi connectivity index (χ4n) is 1.63. The van der Waals surface area contributed by atoms with Crippen LogP contribution in [0.5, 0.6) is 0 Å². The molecule has 0 spiro atoms. The van der Waals surface area contributed by atoms with E-state index >= 15 is 0 Å². The third-order valence-electron chi connectivity index (χ3n) is 2.86. The summed E-state index contributed by atoms with van der Waals surface area (Å²) >= 11 is 0. The summed E-state index contributed by atoms with van der Waals surface area (Å²) in [4.78, 5) is 0. The minimum absolute atomic E-state index is 0.536. The molecule has 2 atom stereocenters. The Hall–Kier alpha value is -1.74. The molecule has 0 aliphatic carbocycles. The predicted octanol–water partition coefficient (Wildman–Crippen LogP) is 3.37. The second kappa shape index (κ2) is 14.7. The highest BCUT2D eigenvalue weighted by Gasteiger charge is 1.92. The fourth-order valence-corrected chi connectivity index (χ4v) is 1.63. The van der Waals surface area contributed by atoms with Crippen LogP contribution in [-0.4, -0.2) is 22.4 Å². The molecule has 21 heavy (non-hydrogen) atoms. The zero-order valence-electron chi connectivity index (χ0n) is 12.6. The highest BCUT2D eigenvalue weighted by Crippen LogP contribution is 2.03. The number of terminal acetylenes is 2. The highest BCUT2D eigenvalue weighted by atomic mass is 16.3. The Morgan fingerprint density at radius 3 is 1.81 bits per heavy atom. The maximum absolute atomic E-state index is 9.14. The minimum Gasteiger partial charge on any atom is -0.380 e. The SMILES string of the molecule is C#CC(O)C=CCCC/C=C\CCCC=CCC(O)C#C. The maximum atomic E-state index is 9.14. The van der Waals surface area contributed by atoms with Gasteiger partial charge in [-0.15, -0.1) is 12.8 Å². The lowest BCUT2D eigenvalue weighted by Crippen LogP contribution is -1.98. The van der Waals surface area contributed by atoms with E-state index in [9.17, 15) is 0 Å². The standard InChI is InChI=1S/C19H26O2/c1-3-18(20)16-14-12-10-8-6-5-7-9-11-13-15-17-19(21)4-2/h1-2,5-6,13-16,18-21H,7-12,17H2/b6-5-,15-13?,16-14?. The van der Waals surface area contributed by atoms with Crippen molar-refractivity contribution in [2.75, 3.05) is 0 Å². The van der Waals surface area contributed by atoms with Crippen LogP contribution in [0, 0.1) is 24.7 Å². The first-order chi connectivity index (χ1) is 10.2. The Bertz CT molecular complexity index is 404. The van der Waals surface area contributed by atoms with E-state index in [2.05, 4.69) is 30.1 Å². The Labute approximate surface area is 129 Å². The van der Waals surface area contributed by atoms with Gasteiger partial charge in [-0.1, -0.05) is 42.2 Å². The number of aliphatic hydroxyl groups is 2. The van der Waals surface area contributed by atoms with Gasteiger partial charge in [-0.3, -0.25) is 0 Å².